The summed E-state index contributed by atoms with van der Waals surface area (Å²) in [5.74, 6) is -1.42. The summed E-state index contributed by atoms with van der Waals surface area (Å²) in [6.45, 7) is 0.687. The highest BCUT2D eigenvalue weighted by atomic mass is 32.1. The second kappa shape index (κ2) is 8.80. The van der Waals surface area contributed by atoms with Crippen molar-refractivity contribution < 1.29 is 39.5 Å². The van der Waals surface area contributed by atoms with Gasteiger partial charge in [-0.2, -0.15) is 0 Å². The number of aliphatic hydroxyl groups is 4. The number of hydrogen-bond donors (Lipinski definition) is 8. The van der Waals surface area contributed by atoms with Crippen LogP contribution in [0, 0.1) is 0 Å². The van der Waals surface area contributed by atoms with Crippen LogP contribution >= 0.6 is 25.3 Å². The zero-order valence-electron chi connectivity index (χ0n) is 12.4. The summed E-state index contributed by atoms with van der Waals surface area (Å²) in [6, 6.07) is -1.10. The Morgan fingerprint density at radius 2 is 1.67 bits per heavy atom. The predicted molar refractivity (Wildman–Crippen MR) is 85.7 cm³/mol. The van der Waals surface area contributed by atoms with Crippen molar-refractivity contribution in [2.75, 3.05) is 6.61 Å². The van der Waals surface area contributed by atoms with Crippen molar-refractivity contribution >= 4 is 43.0 Å². The molecule has 6 N–H and O–H groups in total. The summed E-state index contributed by atoms with van der Waals surface area (Å²) in [4.78, 5) is 31.9. The first-order valence-corrected chi connectivity index (χ1v) is 7.55. The molecule has 2 aliphatic rings. The molecule has 0 saturated carbocycles. The largest absolute Gasteiger partial charge is 0.394 e. The van der Waals surface area contributed by atoms with E-state index in [1.807, 2.05) is 5.32 Å². The average molecular weight is 382 g/mol. The van der Waals surface area contributed by atoms with E-state index >= 15 is 0 Å². The van der Waals surface area contributed by atoms with Gasteiger partial charge in [0.15, 0.2) is 6.29 Å². The standard InChI is InChI=1S/C8H15NO6.C4H3NO2S2/c1-3(11)9-5-7(13)6(12)4(2-10)15-8(5)14;6-3-1(8)2(9)4(7)5-3/h4-8,10,12-14H,2H2,1H3,(H,9,11);(H3,5,6,7,8,9)/t4-,5-,6+,7-,8?;/m1./s1. The van der Waals surface area contributed by atoms with Gasteiger partial charge in [-0.05, 0) is 0 Å². The van der Waals surface area contributed by atoms with Gasteiger partial charge in [0.1, 0.15) is 24.4 Å². The Bertz CT molecular complexity index is 533. The average Bonchev–Trinajstić information content (AvgIpc) is 2.74. The van der Waals surface area contributed by atoms with Crippen molar-refractivity contribution in [3.05, 3.63) is 9.81 Å². The van der Waals surface area contributed by atoms with E-state index in [1.165, 1.54) is 6.92 Å². The van der Waals surface area contributed by atoms with Crippen LogP contribution in [-0.4, -0.2) is 75.4 Å². The number of hydrogen-bond acceptors (Lipinski definition) is 10. The third-order valence-corrected chi connectivity index (χ3v) is 4.18. The molecule has 10 nitrogen and oxygen atoms in total. The van der Waals surface area contributed by atoms with Crippen LogP contribution in [0.1, 0.15) is 6.92 Å². The van der Waals surface area contributed by atoms with Crippen molar-refractivity contribution in [1.82, 2.24) is 10.6 Å². The van der Waals surface area contributed by atoms with Gasteiger partial charge in [0.2, 0.25) is 5.91 Å². The quantitative estimate of drug-likeness (QED) is 0.181. The molecule has 0 aliphatic carbocycles. The van der Waals surface area contributed by atoms with Gasteiger partial charge in [-0.25, -0.2) is 0 Å². The maximum atomic E-state index is 10.7. The molecule has 0 radical (unpaired) electrons. The smallest absolute Gasteiger partial charge is 0.265 e. The van der Waals surface area contributed by atoms with Crippen molar-refractivity contribution in [2.45, 2.75) is 37.6 Å². The van der Waals surface area contributed by atoms with Crippen LogP contribution in [0.5, 0.6) is 0 Å². The molecular formula is C12H18N2O8S2. The molecule has 2 heterocycles. The molecule has 24 heavy (non-hydrogen) atoms. The summed E-state index contributed by atoms with van der Waals surface area (Å²) in [6.07, 6.45) is -5.24. The summed E-state index contributed by atoms with van der Waals surface area (Å²) in [7, 11) is 0. The van der Waals surface area contributed by atoms with E-state index in [-0.39, 0.29) is 9.81 Å². The van der Waals surface area contributed by atoms with Crippen molar-refractivity contribution in [3.8, 4) is 0 Å². The Balaban J connectivity index is 0.000000272. The number of carbonyl (C=O) groups is 3. The summed E-state index contributed by atoms with van der Waals surface area (Å²) in [5.41, 5.74) is 0. The number of aliphatic hydroxyl groups excluding tert-OH is 4. The Morgan fingerprint density at radius 1 is 1.17 bits per heavy atom. The molecule has 2 aliphatic heterocycles. The normalized spacial score (nSPS) is 32.9. The number of amides is 3. The molecule has 136 valence electrons. The number of carbonyl (C=O) groups excluding carboxylic acids is 3. The highest BCUT2D eigenvalue weighted by Crippen LogP contribution is 2.19. The Kier molecular flexibility index (Phi) is 7.66. The monoisotopic (exact) mass is 382 g/mol. The molecule has 0 aromatic rings. The fourth-order valence-corrected chi connectivity index (χ4v) is 2.24. The molecule has 0 aromatic heterocycles. The van der Waals surface area contributed by atoms with Crippen LogP contribution in [0.25, 0.3) is 0 Å². The van der Waals surface area contributed by atoms with Crippen LogP contribution in [0.2, 0.25) is 0 Å². The fraction of sp³-hybridized carbons (Fsp3) is 0.583. The second-order valence-electron chi connectivity index (χ2n) is 4.94. The first kappa shape index (κ1) is 20.9. The number of nitrogens with one attached hydrogen (secondary N) is 2. The molecule has 1 fully saturated rings. The summed E-state index contributed by atoms with van der Waals surface area (Å²) < 4.78 is 4.81. The molecule has 1 unspecified atom stereocenters. The Labute approximate surface area is 147 Å². The maximum Gasteiger partial charge on any atom is 0.265 e. The maximum absolute atomic E-state index is 10.7. The molecule has 1 saturated heterocycles. The van der Waals surface area contributed by atoms with E-state index < -0.39 is 55.0 Å². The highest BCUT2D eigenvalue weighted by Gasteiger charge is 2.43. The van der Waals surface area contributed by atoms with E-state index in [1.54, 1.807) is 0 Å². The number of imide groups is 1. The van der Waals surface area contributed by atoms with Crippen molar-refractivity contribution in [2.24, 2.45) is 0 Å². The lowest BCUT2D eigenvalue weighted by atomic mass is 9.97. The Hall–Kier alpha value is -1.15. The molecule has 0 bridgehead atoms. The minimum atomic E-state index is -1.45. The van der Waals surface area contributed by atoms with Gasteiger partial charge in [-0.3, -0.25) is 19.7 Å². The molecule has 5 atom stereocenters. The molecule has 12 heteroatoms. The lowest BCUT2D eigenvalue weighted by Crippen LogP contribution is -2.63. The molecular weight excluding hydrogens is 364 g/mol. The Morgan fingerprint density at radius 3 is 2.00 bits per heavy atom. The SMILES string of the molecule is CC(=O)N[C@H]1C(O)O[C@H](CO)[C@H](O)[C@@H]1O.O=C1NC(=O)C(S)=C1S. The van der Waals surface area contributed by atoms with Crippen molar-refractivity contribution in [3.63, 3.8) is 0 Å². The molecule has 2 rings (SSSR count). The van der Waals surface area contributed by atoms with Gasteiger partial charge in [0.05, 0.1) is 16.4 Å². The van der Waals surface area contributed by atoms with Crippen LogP contribution in [-0.2, 0) is 19.1 Å². The summed E-state index contributed by atoms with van der Waals surface area (Å²) >= 11 is 7.42. The van der Waals surface area contributed by atoms with Gasteiger partial charge in [-0.15, -0.1) is 25.3 Å². The third-order valence-electron chi connectivity index (χ3n) is 3.15. The van der Waals surface area contributed by atoms with Gasteiger partial charge in [-0.1, -0.05) is 0 Å². The lowest BCUT2D eigenvalue weighted by Gasteiger charge is -2.40. The molecule has 0 aromatic carbocycles. The van der Waals surface area contributed by atoms with Crippen LogP contribution < -0.4 is 10.6 Å². The van der Waals surface area contributed by atoms with E-state index in [2.05, 4.69) is 30.6 Å². The minimum absolute atomic E-state index is 0.0864. The fourth-order valence-electron chi connectivity index (χ4n) is 1.92. The zero-order valence-corrected chi connectivity index (χ0v) is 14.2. The predicted octanol–water partition coefficient (Wildman–Crippen LogP) is -3.36. The summed E-state index contributed by atoms with van der Waals surface area (Å²) in [5, 5.41) is 41.4. The number of thiol groups is 2. The first-order chi connectivity index (χ1) is 11.1. The van der Waals surface area contributed by atoms with Gasteiger partial charge in [0.25, 0.3) is 11.8 Å². The first-order valence-electron chi connectivity index (χ1n) is 6.65. The van der Waals surface area contributed by atoms with Crippen LogP contribution in [0.3, 0.4) is 0 Å². The molecule has 3 amide bonds. The second-order valence-corrected chi connectivity index (χ2v) is 5.83. The van der Waals surface area contributed by atoms with Crippen LogP contribution in [0.4, 0.5) is 0 Å². The number of ether oxygens (including phenoxy) is 1. The van der Waals surface area contributed by atoms with Crippen molar-refractivity contribution in [1.29, 1.82) is 0 Å². The van der Waals surface area contributed by atoms with E-state index in [4.69, 9.17) is 9.84 Å². The third kappa shape index (κ3) is 4.92. The van der Waals surface area contributed by atoms with Crippen LogP contribution in [0.15, 0.2) is 9.81 Å². The van der Waals surface area contributed by atoms with Gasteiger partial charge >= 0.3 is 0 Å². The van der Waals surface area contributed by atoms with E-state index in [0.717, 1.165) is 0 Å². The molecule has 0 spiro atoms. The van der Waals surface area contributed by atoms with E-state index in [0.29, 0.717) is 0 Å². The number of rotatable bonds is 2. The zero-order chi connectivity index (χ0) is 18.6. The lowest BCUT2D eigenvalue weighted by molar-refractivity contribution is -0.253. The van der Waals surface area contributed by atoms with Gasteiger partial charge < -0.3 is 30.5 Å². The highest BCUT2D eigenvalue weighted by molar-refractivity contribution is 7.90. The topological polar surface area (TPSA) is 165 Å². The minimum Gasteiger partial charge on any atom is -0.394 e. The van der Waals surface area contributed by atoms with E-state index in [9.17, 15) is 29.7 Å². The van der Waals surface area contributed by atoms with Gasteiger partial charge in [0, 0.05) is 6.92 Å².